The molecular weight excluding hydrogens is 232 g/mol. The molecule has 0 aliphatic rings. The molecule has 0 atom stereocenters. The number of ether oxygens (including phenoxy) is 1. The van der Waals surface area contributed by atoms with Crippen molar-refractivity contribution < 1.29 is 9.53 Å². The zero-order valence-electron chi connectivity index (χ0n) is 8.73. The lowest BCUT2D eigenvalue weighted by Crippen LogP contribution is -2.23. The van der Waals surface area contributed by atoms with Gasteiger partial charge in [0.25, 0.3) is 0 Å². The van der Waals surface area contributed by atoms with E-state index < -0.39 is 0 Å². The lowest BCUT2D eigenvalue weighted by Gasteiger charge is -2.16. The highest BCUT2D eigenvalue weighted by atomic mass is 79.9. The van der Waals surface area contributed by atoms with Gasteiger partial charge in [0.15, 0.2) is 0 Å². The predicted octanol–water partition coefficient (Wildman–Crippen LogP) is 3.14. The average Bonchev–Trinajstić information content (AvgIpc) is 2.02. The first kappa shape index (κ1) is 12.9. The molecular formula is C10H19BrO2. The van der Waals surface area contributed by atoms with Crippen LogP contribution < -0.4 is 0 Å². The highest BCUT2D eigenvalue weighted by Crippen LogP contribution is 2.15. The molecule has 0 amide bonds. The highest BCUT2D eigenvalue weighted by Gasteiger charge is 2.22. The zero-order valence-corrected chi connectivity index (χ0v) is 10.3. The Balaban J connectivity index is 3.38. The predicted molar refractivity (Wildman–Crippen MR) is 58.1 cm³/mol. The van der Waals surface area contributed by atoms with Gasteiger partial charge >= 0.3 is 5.97 Å². The van der Waals surface area contributed by atoms with E-state index in [1.54, 1.807) is 0 Å². The van der Waals surface area contributed by atoms with Crippen molar-refractivity contribution in [3.05, 3.63) is 0 Å². The summed E-state index contributed by atoms with van der Waals surface area (Å²) in [5.41, 5.74) is -0.366. The van der Waals surface area contributed by atoms with Crippen molar-refractivity contribution in [3.8, 4) is 0 Å². The minimum Gasteiger partial charge on any atom is -0.465 e. The summed E-state index contributed by atoms with van der Waals surface area (Å²) in [6.07, 6.45) is 3.23. The summed E-state index contributed by atoms with van der Waals surface area (Å²) < 4.78 is 5.10. The number of unbranched alkanes of at least 4 members (excludes halogenated alkanes) is 2. The van der Waals surface area contributed by atoms with Gasteiger partial charge in [-0.25, -0.2) is 0 Å². The second-order valence-electron chi connectivity index (χ2n) is 4.14. The first-order valence-electron chi connectivity index (χ1n) is 4.71. The van der Waals surface area contributed by atoms with Crippen LogP contribution in [0.15, 0.2) is 0 Å². The van der Waals surface area contributed by atoms with Crippen molar-refractivity contribution >= 4 is 21.9 Å². The van der Waals surface area contributed by atoms with E-state index in [0.717, 1.165) is 24.6 Å². The summed E-state index contributed by atoms with van der Waals surface area (Å²) in [6, 6.07) is 0. The SMILES string of the molecule is CC(C)(C)C(=O)OCCCCCBr. The summed E-state index contributed by atoms with van der Waals surface area (Å²) in [6.45, 7) is 6.17. The normalized spacial score (nSPS) is 11.4. The van der Waals surface area contributed by atoms with E-state index in [1.807, 2.05) is 20.8 Å². The van der Waals surface area contributed by atoms with E-state index in [2.05, 4.69) is 15.9 Å². The third-order valence-corrected chi connectivity index (χ3v) is 2.18. The molecule has 0 aliphatic heterocycles. The van der Waals surface area contributed by atoms with Gasteiger partial charge in [-0.05, 0) is 40.0 Å². The van der Waals surface area contributed by atoms with Crippen LogP contribution in [-0.2, 0) is 9.53 Å². The molecule has 2 nitrogen and oxygen atoms in total. The second kappa shape index (κ2) is 6.41. The molecule has 0 rings (SSSR count). The van der Waals surface area contributed by atoms with Gasteiger partial charge < -0.3 is 4.74 Å². The van der Waals surface area contributed by atoms with Crippen LogP contribution in [-0.4, -0.2) is 17.9 Å². The van der Waals surface area contributed by atoms with Gasteiger partial charge in [-0.15, -0.1) is 0 Å². The summed E-state index contributed by atoms with van der Waals surface area (Å²) in [5, 5.41) is 1.03. The van der Waals surface area contributed by atoms with Gasteiger partial charge in [0.1, 0.15) is 0 Å². The Kier molecular flexibility index (Phi) is 6.39. The molecule has 0 aliphatic carbocycles. The average molecular weight is 251 g/mol. The number of hydrogen-bond donors (Lipinski definition) is 0. The molecule has 0 saturated carbocycles. The fourth-order valence-corrected chi connectivity index (χ4v) is 1.15. The van der Waals surface area contributed by atoms with Gasteiger partial charge in [0.2, 0.25) is 0 Å². The van der Waals surface area contributed by atoms with Crippen LogP contribution in [0, 0.1) is 5.41 Å². The molecule has 0 fully saturated rings. The molecule has 0 saturated heterocycles. The van der Waals surface area contributed by atoms with E-state index in [9.17, 15) is 4.79 Å². The Morgan fingerprint density at radius 1 is 1.23 bits per heavy atom. The number of rotatable bonds is 5. The molecule has 0 N–H and O–H groups in total. The van der Waals surface area contributed by atoms with Crippen LogP contribution in [0.3, 0.4) is 0 Å². The highest BCUT2D eigenvalue weighted by molar-refractivity contribution is 9.09. The molecule has 0 aromatic carbocycles. The topological polar surface area (TPSA) is 26.3 Å². The third kappa shape index (κ3) is 7.05. The Morgan fingerprint density at radius 3 is 2.31 bits per heavy atom. The minimum atomic E-state index is -0.366. The summed E-state index contributed by atoms with van der Waals surface area (Å²) in [4.78, 5) is 11.3. The maximum atomic E-state index is 11.3. The van der Waals surface area contributed by atoms with Gasteiger partial charge in [-0.1, -0.05) is 15.9 Å². The monoisotopic (exact) mass is 250 g/mol. The van der Waals surface area contributed by atoms with E-state index in [4.69, 9.17) is 4.74 Å². The van der Waals surface area contributed by atoms with Gasteiger partial charge in [0.05, 0.1) is 12.0 Å². The standard InChI is InChI=1S/C10H19BrO2/c1-10(2,3)9(12)13-8-6-4-5-7-11/h4-8H2,1-3H3. The Hall–Kier alpha value is -0.0500. The third-order valence-electron chi connectivity index (χ3n) is 1.62. The molecule has 13 heavy (non-hydrogen) atoms. The Bertz CT molecular complexity index is 149. The van der Waals surface area contributed by atoms with Crippen LogP contribution >= 0.6 is 15.9 Å². The maximum Gasteiger partial charge on any atom is 0.311 e. The Labute approximate surface area is 89.2 Å². The Morgan fingerprint density at radius 2 is 1.85 bits per heavy atom. The number of carbonyl (C=O) groups excluding carboxylic acids is 1. The van der Waals surface area contributed by atoms with Crippen molar-refractivity contribution in [3.63, 3.8) is 0 Å². The lowest BCUT2D eigenvalue weighted by molar-refractivity contribution is -0.153. The smallest absolute Gasteiger partial charge is 0.311 e. The number of hydrogen-bond acceptors (Lipinski definition) is 2. The molecule has 0 radical (unpaired) electrons. The fraction of sp³-hybridized carbons (Fsp3) is 0.900. The quantitative estimate of drug-likeness (QED) is 0.426. The maximum absolute atomic E-state index is 11.3. The number of alkyl halides is 1. The number of halogens is 1. The number of esters is 1. The summed E-state index contributed by atoms with van der Waals surface area (Å²) >= 11 is 3.35. The van der Waals surface area contributed by atoms with Crippen molar-refractivity contribution in [2.24, 2.45) is 5.41 Å². The molecule has 78 valence electrons. The van der Waals surface area contributed by atoms with Crippen LogP contribution in [0.4, 0.5) is 0 Å². The summed E-state index contributed by atoms with van der Waals surface area (Å²) in [7, 11) is 0. The minimum absolute atomic E-state index is 0.105. The molecule has 0 bridgehead atoms. The van der Waals surface area contributed by atoms with Crippen LogP contribution in [0.25, 0.3) is 0 Å². The molecule has 0 unspecified atom stereocenters. The van der Waals surface area contributed by atoms with Crippen molar-refractivity contribution in [1.29, 1.82) is 0 Å². The first-order valence-corrected chi connectivity index (χ1v) is 5.84. The second-order valence-corrected chi connectivity index (χ2v) is 4.93. The van der Waals surface area contributed by atoms with Gasteiger partial charge in [0, 0.05) is 5.33 Å². The van der Waals surface area contributed by atoms with Crippen molar-refractivity contribution in [1.82, 2.24) is 0 Å². The largest absolute Gasteiger partial charge is 0.465 e. The van der Waals surface area contributed by atoms with E-state index >= 15 is 0 Å². The molecule has 0 aromatic rings. The van der Waals surface area contributed by atoms with Gasteiger partial charge in [-0.3, -0.25) is 4.79 Å². The van der Waals surface area contributed by atoms with E-state index in [-0.39, 0.29) is 11.4 Å². The lowest BCUT2D eigenvalue weighted by atomic mass is 9.97. The molecule has 0 aromatic heterocycles. The molecule has 3 heteroatoms. The van der Waals surface area contributed by atoms with E-state index in [1.165, 1.54) is 0 Å². The van der Waals surface area contributed by atoms with Crippen LogP contribution in [0.2, 0.25) is 0 Å². The van der Waals surface area contributed by atoms with Crippen LogP contribution in [0.1, 0.15) is 40.0 Å². The molecule has 0 heterocycles. The molecule has 0 spiro atoms. The number of carbonyl (C=O) groups is 1. The van der Waals surface area contributed by atoms with Crippen molar-refractivity contribution in [2.45, 2.75) is 40.0 Å². The van der Waals surface area contributed by atoms with Gasteiger partial charge in [-0.2, -0.15) is 0 Å². The first-order chi connectivity index (χ1) is 5.98. The van der Waals surface area contributed by atoms with Crippen LogP contribution in [0.5, 0.6) is 0 Å². The van der Waals surface area contributed by atoms with E-state index in [0.29, 0.717) is 6.61 Å². The summed E-state index contributed by atoms with van der Waals surface area (Å²) in [5.74, 6) is -0.105. The fourth-order valence-electron chi connectivity index (χ4n) is 0.755. The van der Waals surface area contributed by atoms with Crippen molar-refractivity contribution in [2.75, 3.05) is 11.9 Å². The zero-order chi connectivity index (χ0) is 10.3.